The van der Waals surface area contributed by atoms with Gasteiger partial charge in [-0.25, -0.2) is 0 Å². The monoisotopic (exact) mass is 634 g/mol. The van der Waals surface area contributed by atoms with Crippen LogP contribution in [-0.4, -0.2) is 19.1 Å². The minimum Gasteiger partial charge on any atom is -0.307 e. The van der Waals surface area contributed by atoms with Gasteiger partial charge < -0.3 is 9.13 Å². The van der Waals surface area contributed by atoms with Gasteiger partial charge in [0.2, 0.25) is 0 Å². The lowest BCUT2D eigenvalue weighted by molar-refractivity contribution is 1.19. The standard InChI is InChI=1S/C46H26N4/c1-3-13-31-27(9-1)11-5-15-35(31)49-37-17-7-23-47-45(37)43-33-21-20-30-26-40-44(34-22-19-29(25-39(43)49)41(33)42(30)34)46-38(18-8-24-48-46)50(40)36-16-6-12-28-10-2-4-14-32(28)36/h1-26H. The van der Waals surface area contributed by atoms with E-state index in [0.29, 0.717) is 0 Å². The maximum atomic E-state index is 5.04. The predicted octanol–water partition coefficient (Wildman–Crippen LogP) is 11.9. The van der Waals surface area contributed by atoms with E-state index in [1.807, 2.05) is 24.5 Å². The van der Waals surface area contributed by atoms with Crippen molar-refractivity contribution in [2.24, 2.45) is 0 Å². The SMILES string of the molecule is c1ccc2c(-n3c4cccnc4c4c5ccc6cc7c(c8ccc(cc43)c5c68)c3ncccc3n7-c3cccc4ccccc34)cccc2c1. The maximum Gasteiger partial charge on any atom is 0.0969 e. The van der Waals surface area contributed by atoms with Gasteiger partial charge >= 0.3 is 0 Å². The average molecular weight is 635 g/mol. The van der Waals surface area contributed by atoms with Crippen molar-refractivity contribution in [3.05, 3.63) is 158 Å². The second kappa shape index (κ2) is 9.43. The zero-order valence-corrected chi connectivity index (χ0v) is 26.8. The van der Waals surface area contributed by atoms with E-state index >= 15 is 0 Å². The van der Waals surface area contributed by atoms with Crippen LogP contribution in [0.4, 0.5) is 0 Å². The molecule has 0 saturated heterocycles. The number of benzene rings is 8. The molecule has 0 radical (unpaired) electrons. The topological polar surface area (TPSA) is 35.6 Å². The van der Waals surface area contributed by atoms with Gasteiger partial charge in [-0.1, -0.05) is 97.1 Å². The van der Waals surface area contributed by atoms with Crippen molar-refractivity contribution in [1.82, 2.24) is 19.1 Å². The number of aromatic nitrogens is 4. The molecule has 230 valence electrons. The number of rotatable bonds is 2. The Labute approximate surface area is 285 Å². The second-order valence-corrected chi connectivity index (χ2v) is 13.4. The lowest BCUT2D eigenvalue weighted by Gasteiger charge is -2.16. The maximum absolute atomic E-state index is 5.04. The molecule has 0 bridgehead atoms. The summed E-state index contributed by atoms with van der Waals surface area (Å²) in [5, 5.41) is 14.7. The molecule has 0 amide bonds. The summed E-state index contributed by atoms with van der Waals surface area (Å²) in [6, 6.07) is 53.0. The molecule has 0 spiro atoms. The molecule has 0 unspecified atom stereocenters. The lowest BCUT2D eigenvalue weighted by atomic mass is 9.90. The number of hydrogen-bond acceptors (Lipinski definition) is 2. The van der Waals surface area contributed by atoms with Gasteiger partial charge in [-0.05, 0) is 91.6 Å². The van der Waals surface area contributed by atoms with E-state index in [1.165, 1.54) is 75.7 Å². The molecule has 0 fully saturated rings. The van der Waals surface area contributed by atoms with Crippen molar-refractivity contribution >= 4 is 97.7 Å². The average Bonchev–Trinajstić information content (AvgIpc) is 3.68. The van der Waals surface area contributed by atoms with Crippen molar-refractivity contribution in [1.29, 1.82) is 0 Å². The van der Waals surface area contributed by atoms with Gasteiger partial charge in [-0.2, -0.15) is 0 Å². The second-order valence-electron chi connectivity index (χ2n) is 13.4. The highest BCUT2D eigenvalue weighted by Crippen LogP contribution is 2.46. The molecule has 0 aliphatic carbocycles. The van der Waals surface area contributed by atoms with Crippen LogP contribution in [0.5, 0.6) is 0 Å². The number of hydrogen-bond donors (Lipinski definition) is 0. The molecule has 0 aliphatic rings. The highest BCUT2D eigenvalue weighted by Gasteiger charge is 2.23. The Morgan fingerprint density at radius 1 is 0.320 bits per heavy atom. The summed E-state index contributed by atoms with van der Waals surface area (Å²) in [5.74, 6) is 0. The molecule has 0 saturated carbocycles. The van der Waals surface area contributed by atoms with E-state index in [2.05, 4.69) is 143 Å². The van der Waals surface area contributed by atoms with Gasteiger partial charge in [0.05, 0.1) is 44.5 Å². The Hall–Kier alpha value is -6.78. The summed E-state index contributed by atoms with van der Waals surface area (Å²) in [6.07, 6.45) is 3.84. The molecule has 0 atom stereocenters. The first-order valence-corrected chi connectivity index (χ1v) is 17.1. The fourth-order valence-corrected chi connectivity index (χ4v) is 8.90. The highest BCUT2D eigenvalue weighted by atomic mass is 15.0. The van der Waals surface area contributed by atoms with Crippen LogP contribution in [0.15, 0.2) is 158 Å². The van der Waals surface area contributed by atoms with Crippen molar-refractivity contribution in [3.63, 3.8) is 0 Å². The summed E-state index contributed by atoms with van der Waals surface area (Å²) in [7, 11) is 0. The number of pyridine rings is 2. The smallest absolute Gasteiger partial charge is 0.0969 e. The van der Waals surface area contributed by atoms with E-state index in [9.17, 15) is 0 Å². The Balaban J connectivity index is 1.25. The van der Waals surface area contributed by atoms with Crippen molar-refractivity contribution in [2.45, 2.75) is 0 Å². The van der Waals surface area contributed by atoms with Crippen LogP contribution < -0.4 is 0 Å². The van der Waals surface area contributed by atoms with Crippen molar-refractivity contribution in [2.75, 3.05) is 0 Å². The van der Waals surface area contributed by atoms with Crippen LogP contribution in [0, 0.1) is 0 Å². The molecule has 4 nitrogen and oxygen atoms in total. The number of fused-ring (bicyclic) bond motifs is 10. The van der Waals surface area contributed by atoms with Crippen LogP contribution in [-0.2, 0) is 0 Å². The van der Waals surface area contributed by atoms with E-state index in [-0.39, 0.29) is 0 Å². The van der Waals surface area contributed by atoms with Crippen LogP contribution >= 0.6 is 0 Å². The fraction of sp³-hybridized carbons (Fsp3) is 0. The molecule has 8 aromatic carbocycles. The molecule has 4 heteroatoms. The van der Waals surface area contributed by atoms with Gasteiger partial charge in [0, 0.05) is 33.9 Å². The van der Waals surface area contributed by atoms with Crippen LogP contribution in [0.1, 0.15) is 0 Å². The normalized spacial score (nSPS) is 12.4. The van der Waals surface area contributed by atoms with Crippen molar-refractivity contribution in [3.8, 4) is 11.4 Å². The third kappa shape index (κ3) is 3.25. The summed E-state index contributed by atoms with van der Waals surface area (Å²) in [5.41, 5.74) is 8.93. The van der Waals surface area contributed by atoms with E-state index in [0.717, 1.165) is 33.4 Å². The first kappa shape index (κ1) is 26.2. The molecule has 50 heavy (non-hydrogen) atoms. The minimum atomic E-state index is 1.02. The lowest BCUT2D eigenvalue weighted by Crippen LogP contribution is -1.96. The third-order valence-corrected chi connectivity index (χ3v) is 10.9. The summed E-state index contributed by atoms with van der Waals surface area (Å²) >= 11 is 0. The minimum absolute atomic E-state index is 1.02. The fourth-order valence-electron chi connectivity index (χ4n) is 8.90. The first-order chi connectivity index (χ1) is 24.8. The molecular formula is C46H26N4. The Morgan fingerprint density at radius 3 is 1.28 bits per heavy atom. The van der Waals surface area contributed by atoms with Gasteiger partial charge in [0.25, 0.3) is 0 Å². The highest BCUT2D eigenvalue weighted by molar-refractivity contribution is 6.37. The summed E-state index contributed by atoms with van der Waals surface area (Å²) in [4.78, 5) is 10.1. The Bertz CT molecular complexity index is 3150. The molecule has 12 aromatic rings. The molecule has 4 aromatic heterocycles. The first-order valence-electron chi connectivity index (χ1n) is 17.1. The van der Waals surface area contributed by atoms with Crippen LogP contribution in [0.2, 0.25) is 0 Å². The van der Waals surface area contributed by atoms with Gasteiger partial charge in [-0.15, -0.1) is 0 Å². The number of nitrogens with zero attached hydrogens (tertiary/aromatic N) is 4. The summed E-state index contributed by atoms with van der Waals surface area (Å²) in [6.45, 7) is 0. The third-order valence-electron chi connectivity index (χ3n) is 10.9. The largest absolute Gasteiger partial charge is 0.307 e. The van der Waals surface area contributed by atoms with Gasteiger partial charge in [0.1, 0.15) is 0 Å². The zero-order valence-electron chi connectivity index (χ0n) is 26.8. The molecule has 0 N–H and O–H groups in total. The van der Waals surface area contributed by atoms with Gasteiger partial charge in [-0.3, -0.25) is 9.97 Å². The molecular weight excluding hydrogens is 609 g/mol. The molecule has 0 aliphatic heterocycles. The van der Waals surface area contributed by atoms with E-state index in [4.69, 9.17) is 9.97 Å². The predicted molar refractivity (Wildman–Crippen MR) is 209 cm³/mol. The quantitative estimate of drug-likeness (QED) is 0.177. The van der Waals surface area contributed by atoms with Crippen LogP contribution in [0.3, 0.4) is 0 Å². The zero-order chi connectivity index (χ0) is 32.5. The van der Waals surface area contributed by atoms with E-state index < -0.39 is 0 Å². The molecule has 4 heterocycles. The van der Waals surface area contributed by atoms with E-state index in [1.54, 1.807) is 0 Å². The Morgan fingerprint density at radius 2 is 0.780 bits per heavy atom. The summed E-state index contributed by atoms with van der Waals surface area (Å²) < 4.78 is 4.82. The Kier molecular flexibility index (Phi) is 4.94. The molecule has 12 rings (SSSR count). The van der Waals surface area contributed by atoms with Crippen LogP contribution in [0.25, 0.3) is 109 Å². The van der Waals surface area contributed by atoms with Gasteiger partial charge in [0.15, 0.2) is 0 Å². The van der Waals surface area contributed by atoms with Crippen molar-refractivity contribution < 1.29 is 0 Å².